The molecule has 0 atom stereocenters. The molecule has 2 aromatic heterocycles. The Hall–Kier alpha value is -0.950. The van der Waals surface area contributed by atoms with Crippen LogP contribution < -0.4 is 11.5 Å². The van der Waals surface area contributed by atoms with Crippen LogP contribution in [0.1, 0.15) is 0 Å². The molecule has 0 saturated heterocycles. The van der Waals surface area contributed by atoms with E-state index in [-0.39, 0.29) is 27.0 Å². The van der Waals surface area contributed by atoms with Gasteiger partial charge in [0, 0.05) is 4.90 Å². The van der Waals surface area contributed by atoms with E-state index in [1.165, 1.54) is 18.0 Å². The Morgan fingerprint density at radius 1 is 1.11 bits per heavy atom. The number of rotatable bonds is 2. The second kappa shape index (κ2) is 5.36. The highest BCUT2D eigenvalue weighted by atomic mass is 35.5. The topological polar surface area (TPSA) is 90.7 Å². The van der Waals surface area contributed by atoms with Crippen LogP contribution in [0, 0.1) is 0 Å². The zero-order valence-electron chi connectivity index (χ0n) is 8.69. The molecule has 0 amide bonds. The van der Waals surface area contributed by atoms with Crippen molar-refractivity contribution in [2.75, 3.05) is 11.5 Å². The van der Waals surface area contributed by atoms with Crippen molar-refractivity contribution >= 4 is 58.2 Å². The molecule has 0 radical (unpaired) electrons. The van der Waals surface area contributed by atoms with E-state index in [1.54, 1.807) is 6.07 Å². The lowest BCUT2D eigenvalue weighted by atomic mass is 10.5. The molecule has 0 aromatic carbocycles. The summed E-state index contributed by atoms with van der Waals surface area (Å²) in [5, 5.41) is 1.09. The number of anilines is 2. The van der Waals surface area contributed by atoms with E-state index < -0.39 is 0 Å². The zero-order chi connectivity index (χ0) is 13.3. The summed E-state index contributed by atoms with van der Waals surface area (Å²) >= 11 is 18.7. The lowest BCUT2D eigenvalue weighted by Crippen LogP contribution is -1.97. The molecule has 2 aromatic rings. The normalized spacial score (nSPS) is 10.6. The van der Waals surface area contributed by atoms with E-state index in [0.29, 0.717) is 9.92 Å². The highest BCUT2D eigenvalue weighted by Crippen LogP contribution is 2.38. The van der Waals surface area contributed by atoms with Crippen molar-refractivity contribution in [2.24, 2.45) is 0 Å². The maximum absolute atomic E-state index is 6.01. The maximum Gasteiger partial charge on any atom is 0.158 e. The smallest absolute Gasteiger partial charge is 0.158 e. The fourth-order valence-electron chi connectivity index (χ4n) is 1.12. The first-order valence-electron chi connectivity index (χ1n) is 4.54. The molecule has 0 fully saturated rings. The number of aromatic nitrogens is 3. The number of hydrogen-bond donors (Lipinski definition) is 2. The van der Waals surface area contributed by atoms with Gasteiger partial charge in [0.15, 0.2) is 11.0 Å². The standard InChI is InChI=1S/C9H6Cl3N5S/c10-4-2-15-9(8(14)16-4)18-3-1-5(13)17-7(12)6(3)11/h1-2H,(H2,13,17)(H2,14,16). The Balaban J connectivity index is 2.40. The third-order valence-electron chi connectivity index (χ3n) is 1.85. The summed E-state index contributed by atoms with van der Waals surface area (Å²) in [6.45, 7) is 0. The fourth-order valence-corrected chi connectivity index (χ4v) is 2.56. The van der Waals surface area contributed by atoms with Crippen molar-refractivity contribution in [1.82, 2.24) is 15.0 Å². The first kappa shape index (κ1) is 13.5. The second-order valence-electron chi connectivity index (χ2n) is 3.14. The summed E-state index contributed by atoms with van der Waals surface area (Å²) in [6, 6.07) is 1.58. The third kappa shape index (κ3) is 2.89. The minimum Gasteiger partial charge on any atom is -0.384 e. The van der Waals surface area contributed by atoms with E-state index in [4.69, 9.17) is 46.3 Å². The maximum atomic E-state index is 6.01. The predicted molar refractivity (Wildman–Crippen MR) is 74.2 cm³/mol. The molecule has 18 heavy (non-hydrogen) atoms. The molecule has 2 heterocycles. The van der Waals surface area contributed by atoms with Gasteiger partial charge in [-0.1, -0.05) is 46.6 Å². The van der Waals surface area contributed by atoms with Crippen LogP contribution in [0.25, 0.3) is 0 Å². The van der Waals surface area contributed by atoms with E-state index in [2.05, 4.69) is 15.0 Å². The summed E-state index contributed by atoms with van der Waals surface area (Å²) in [4.78, 5) is 12.4. The van der Waals surface area contributed by atoms with Crippen LogP contribution in [0.4, 0.5) is 11.6 Å². The zero-order valence-corrected chi connectivity index (χ0v) is 11.8. The molecule has 94 valence electrons. The Kier molecular flexibility index (Phi) is 4.01. The molecule has 0 spiro atoms. The molecular weight excluding hydrogens is 317 g/mol. The fraction of sp³-hybridized carbons (Fsp3) is 0. The monoisotopic (exact) mass is 321 g/mol. The minimum atomic E-state index is 0.125. The van der Waals surface area contributed by atoms with Gasteiger partial charge in [-0.2, -0.15) is 0 Å². The predicted octanol–water partition coefficient (Wildman–Crippen LogP) is 3.15. The van der Waals surface area contributed by atoms with Crippen molar-refractivity contribution in [2.45, 2.75) is 9.92 Å². The lowest BCUT2D eigenvalue weighted by Gasteiger charge is -2.07. The third-order valence-corrected chi connectivity index (χ3v) is 3.94. The van der Waals surface area contributed by atoms with Crippen molar-refractivity contribution in [1.29, 1.82) is 0 Å². The van der Waals surface area contributed by atoms with Gasteiger partial charge in [-0.3, -0.25) is 0 Å². The molecule has 9 heteroatoms. The van der Waals surface area contributed by atoms with Crippen LogP contribution in [0.5, 0.6) is 0 Å². The van der Waals surface area contributed by atoms with Crippen molar-refractivity contribution in [3.8, 4) is 0 Å². The minimum absolute atomic E-state index is 0.125. The van der Waals surface area contributed by atoms with E-state index in [0.717, 1.165) is 0 Å². The van der Waals surface area contributed by atoms with Crippen LogP contribution in [-0.2, 0) is 0 Å². The van der Waals surface area contributed by atoms with Crippen molar-refractivity contribution in [3.05, 3.63) is 27.6 Å². The molecule has 0 bridgehead atoms. The first-order valence-corrected chi connectivity index (χ1v) is 6.50. The van der Waals surface area contributed by atoms with E-state index in [1.807, 2.05) is 0 Å². The number of hydrogen-bond acceptors (Lipinski definition) is 6. The highest BCUT2D eigenvalue weighted by molar-refractivity contribution is 7.99. The van der Waals surface area contributed by atoms with Gasteiger partial charge in [-0.15, -0.1) is 0 Å². The van der Waals surface area contributed by atoms with Gasteiger partial charge in [0.1, 0.15) is 16.0 Å². The Bertz CT molecular complexity index is 607. The molecule has 0 aliphatic rings. The highest BCUT2D eigenvalue weighted by Gasteiger charge is 2.13. The van der Waals surface area contributed by atoms with Gasteiger partial charge >= 0.3 is 0 Å². The number of nitrogens with zero attached hydrogens (tertiary/aromatic N) is 3. The summed E-state index contributed by atoms with van der Waals surface area (Å²) in [5.74, 6) is 0.461. The van der Waals surface area contributed by atoms with Crippen molar-refractivity contribution < 1.29 is 0 Å². The number of pyridine rings is 1. The molecule has 5 nitrogen and oxygen atoms in total. The molecular formula is C9H6Cl3N5S. The number of halogens is 3. The van der Waals surface area contributed by atoms with Crippen LogP contribution in [0.3, 0.4) is 0 Å². The Morgan fingerprint density at radius 3 is 2.50 bits per heavy atom. The van der Waals surface area contributed by atoms with Gasteiger partial charge < -0.3 is 11.5 Å². The molecule has 0 aliphatic carbocycles. The average Bonchev–Trinajstić information content (AvgIpc) is 2.29. The van der Waals surface area contributed by atoms with Gasteiger partial charge in [-0.05, 0) is 6.07 Å². The number of nitrogens with two attached hydrogens (primary N) is 2. The van der Waals surface area contributed by atoms with E-state index >= 15 is 0 Å². The molecule has 0 unspecified atom stereocenters. The summed E-state index contributed by atoms with van der Waals surface area (Å²) in [5.41, 5.74) is 11.3. The van der Waals surface area contributed by atoms with Crippen molar-refractivity contribution in [3.63, 3.8) is 0 Å². The summed E-state index contributed by atoms with van der Waals surface area (Å²) < 4.78 is 0. The van der Waals surface area contributed by atoms with E-state index in [9.17, 15) is 0 Å². The first-order chi connectivity index (χ1) is 8.47. The van der Waals surface area contributed by atoms with Crippen LogP contribution in [0.2, 0.25) is 15.3 Å². The van der Waals surface area contributed by atoms with Gasteiger partial charge in [-0.25, -0.2) is 15.0 Å². The van der Waals surface area contributed by atoms with Crippen LogP contribution in [0.15, 0.2) is 22.2 Å². The van der Waals surface area contributed by atoms with Crippen LogP contribution >= 0.6 is 46.6 Å². The summed E-state index contributed by atoms with van der Waals surface area (Å²) in [6.07, 6.45) is 1.39. The Labute approximate surface area is 122 Å². The molecule has 4 N–H and O–H groups in total. The lowest BCUT2D eigenvalue weighted by molar-refractivity contribution is 1.07. The largest absolute Gasteiger partial charge is 0.384 e. The summed E-state index contributed by atoms with van der Waals surface area (Å²) in [7, 11) is 0. The number of nitrogen functional groups attached to an aromatic ring is 2. The van der Waals surface area contributed by atoms with Gasteiger partial charge in [0.2, 0.25) is 0 Å². The SMILES string of the molecule is Nc1cc(Sc2ncc(Cl)nc2N)c(Cl)c(Cl)n1. The quantitative estimate of drug-likeness (QED) is 0.825. The van der Waals surface area contributed by atoms with Gasteiger partial charge in [0.25, 0.3) is 0 Å². The molecule has 2 rings (SSSR count). The Morgan fingerprint density at radius 2 is 1.83 bits per heavy atom. The molecule has 0 aliphatic heterocycles. The van der Waals surface area contributed by atoms with Crippen LogP contribution in [-0.4, -0.2) is 15.0 Å². The van der Waals surface area contributed by atoms with Gasteiger partial charge in [0.05, 0.1) is 11.2 Å². The molecule has 0 saturated carbocycles. The average molecular weight is 323 g/mol. The second-order valence-corrected chi connectivity index (χ2v) is 5.29.